The van der Waals surface area contributed by atoms with Gasteiger partial charge in [-0.2, -0.15) is 0 Å². The number of benzene rings is 3. The van der Waals surface area contributed by atoms with E-state index in [0.717, 1.165) is 23.6 Å². The molecule has 3 aromatic carbocycles. The lowest BCUT2D eigenvalue weighted by Crippen LogP contribution is -2.24. The van der Waals surface area contributed by atoms with Crippen molar-refractivity contribution in [3.05, 3.63) is 102 Å². The van der Waals surface area contributed by atoms with Crippen LogP contribution in [0.3, 0.4) is 0 Å². The Kier molecular flexibility index (Phi) is 5.90. The van der Waals surface area contributed by atoms with E-state index in [-0.39, 0.29) is 11.9 Å². The predicted molar refractivity (Wildman–Crippen MR) is 120 cm³/mol. The monoisotopic (exact) mass is 397 g/mol. The van der Waals surface area contributed by atoms with E-state index in [0.29, 0.717) is 17.8 Å². The van der Waals surface area contributed by atoms with E-state index < -0.39 is 0 Å². The lowest BCUT2D eigenvalue weighted by atomic mass is 10.1. The fraction of sp³-hybridized carbons (Fsp3) is 0.120. The maximum atomic E-state index is 12.5. The summed E-state index contributed by atoms with van der Waals surface area (Å²) in [6.07, 6.45) is 5.40. The maximum Gasteiger partial charge on any atom is 0.329 e. The molecule has 4 aromatic rings. The number of hydrogen-bond donors (Lipinski definition) is 2. The van der Waals surface area contributed by atoms with Crippen LogP contribution in [0.4, 0.5) is 10.5 Å². The van der Waals surface area contributed by atoms with Crippen LogP contribution < -0.4 is 10.6 Å². The summed E-state index contributed by atoms with van der Waals surface area (Å²) in [5.41, 5.74) is 2.47. The zero-order chi connectivity index (χ0) is 20.8. The molecule has 0 radical (unpaired) electrons. The van der Waals surface area contributed by atoms with Crippen molar-refractivity contribution >= 4 is 28.4 Å². The molecule has 0 spiro atoms. The van der Waals surface area contributed by atoms with Gasteiger partial charge in [-0.3, -0.25) is 9.36 Å². The third-order valence-electron chi connectivity index (χ3n) is 4.96. The molecule has 0 bridgehead atoms. The largest absolute Gasteiger partial charge is 0.352 e. The minimum absolute atomic E-state index is 0.113. The fourth-order valence-electron chi connectivity index (χ4n) is 3.33. The van der Waals surface area contributed by atoms with Gasteiger partial charge in [-0.15, -0.1) is 0 Å². The van der Waals surface area contributed by atoms with Crippen molar-refractivity contribution in [1.82, 2.24) is 9.88 Å². The van der Waals surface area contributed by atoms with Crippen LogP contribution in [0, 0.1) is 0 Å². The number of carbonyl (C=O) groups is 2. The maximum absolute atomic E-state index is 12.5. The number of anilines is 1. The first-order valence-corrected chi connectivity index (χ1v) is 9.99. The van der Waals surface area contributed by atoms with Crippen LogP contribution >= 0.6 is 0 Å². The molecule has 0 atom stereocenters. The van der Waals surface area contributed by atoms with E-state index in [4.69, 9.17) is 0 Å². The number of aryl methyl sites for hydroxylation is 1. The van der Waals surface area contributed by atoms with Gasteiger partial charge in [0.25, 0.3) is 5.91 Å². The van der Waals surface area contributed by atoms with Crippen molar-refractivity contribution in [2.45, 2.75) is 12.8 Å². The molecule has 1 heterocycles. The van der Waals surface area contributed by atoms with Crippen LogP contribution in [-0.2, 0) is 6.42 Å². The van der Waals surface area contributed by atoms with Crippen molar-refractivity contribution < 1.29 is 9.59 Å². The highest BCUT2D eigenvalue weighted by Gasteiger charge is 2.08. The summed E-state index contributed by atoms with van der Waals surface area (Å²) in [7, 11) is 0. The van der Waals surface area contributed by atoms with Gasteiger partial charge < -0.3 is 10.6 Å². The van der Waals surface area contributed by atoms with Gasteiger partial charge in [0, 0.05) is 30.2 Å². The highest BCUT2D eigenvalue weighted by molar-refractivity contribution is 5.97. The third-order valence-corrected chi connectivity index (χ3v) is 4.96. The van der Waals surface area contributed by atoms with E-state index >= 15 is 0 Å². The molecule has 0 saturated carbocycles. The van der Waals surface area contributed by atoms with Crippen LogP contribution in [0.15, 0.2) is 91.3 Å². The summed E-state index contributed by atoms with van der Waals surface area (Å²) in [4.78, 5) is 24.8. The molecule has 0 aliphatic rings. The second kappa shape index (κ2) is 9.09. The Morgan fingerprint density at radius 1 is 0.767 bits per heavy atom. The van der Waals surface area contributed by atoms with Gasteiger partial charge >= 0.3 is 6.03 Å². The topological polar surface area (TPSA) is 63.1 Å². The van der Waals surface area contributed by atoms with Crippen molar-refractivity contribution in [3.8, 4) is 0 Å². The van der Waals surface area contributed by atoms with Gasteiger partial charge in [0.1, 0.15) is 0 Å². The number of aromatic nitrogens is 1. The Labute approximate surface area is 175 Å². The van der Waals surface area contributed by atoms with Gasteiger partial charge in [0.2, 0.25) is 0 Å². The van der Waals surface area contributed by atoms with Gasteiger partial charge in [0.15, 0.2) is 0 Å². The second-order valence-corrected chi connectivity index (χ2v) is 7.15. The molecular weight excluding hydrogens is 374 g/mol. The normalized spacial score (nSPS) is 10.7. The lowest BCUT2D eigenvalue weighted by Gasteiger charge is -2.08. The number of amides is 2. The van der Waals surface area contributed by atoms with Crippen LogP contribution in [0.25, 0.3) is 10.8 Å². The van der Waals surface area contributed by atoms with Gasteiger partial charge in [-0.25, -0.2) is 4.79 Å². The molecule has 0 fully saturated rings. The zero-order valence-electron chi connectivity index (χ0n) is 16.5. The summed E-state index contributed by atoms with van der Waals surface area (Å²) in [6.45, 7) is 0.618. The van der Waals surface area contributed by atoms with Crippen molar-refractivity contribution in [2.24, 2.45) is 0 Å². The molecule has 4 rings (SSSR count). The third kappa shape index (κ3) is 4.75. The van der Waals surface area contributed by atoms with Crippen LogP contribution in [0.2, 0.25) is 0 Å². The van der Waals surface area contributed by atoms with Crippen molar-refractivity contribution in [3.63, 3.8) is 0 Å². The Morgan fingerprint density at radius 3 is 2.07 bits per heavy atom. The first kappa shape index (κ1) is 19.5. The molecule has 5 nitrogen and oxygen atoms in total. The molecular formula is C25H23N3O2. The minimum Gasteiger partial charge on any atom is -0.352 e. The van der Waals surface area contributed by atoms with E-state index in [1.165, 1.54) is 10.1 Å². The standard InChI is InChI=1S/C25H23N3O2/c29-24(26-16-6-9-19-7-2-1-3-8-19)20-12-14-23(15-13-20)27-25(30)28-17-21-10-4-5-11-22(21)18-28/h1-5,7-8,10-15,17-18H,6,9,16H2,(H,26,29)(H,27,30). The highest BCUT2D eigenvalue weighted by Crippen LogP contribution is 2.16. The summed E-state index contributed by atoms with van der Waals surface area (Å²) >= 11 is 0. The number of nitrogens with zero attached hydrogens (tertiary/aromatic N) is 1. The van der Waals surface area contributed by atoms with Crippen LogP contribution in [0.5, 0.6) is 0 Å². The van der Waals surface area contributed by atoms with E-state index in [2.05, 4.69) is 22.8 Å². The summed E-state index contributed by atoms with van der Waals surface area (Å²) in [5, 5.41) is 7.80. The zero-order valence-corrected chi connectivity index (χ0v) is 16.5. The Hall–Kier alpha value is -3.86. The Bertz CT molecular complexity index is 1110. The molecule has 30 heavy (non-hydrogen) atoms. The van der Waals surface area contributed by atoms with Crippen LogP contribution in [-0.4, -0.2) is 23.1 Å². The van der Waals surface area contributed by atoms with Crippen molar-refractivity contribution in [2.75, 3.05) is 11.9 Å². The average molecular weight is 397 g/mol. The van der Waals surface area contributed by atoms with Gasteiger partial charge in [0.05, 0.1) is 0 Å². The number of fused-ring (bicyclic) bond motifs is 1. The molecule has 0 unspecified atom stereocenters. The smallest absolute Gasteiger partial charge is 0.329 e. The Morgan fingerprint density at radius 2 is 1.40 bits per heavy atom. The summed E-state index contributed by atoms with van der Waals surface area (Å²) in [6, 6.07) is 24.7. The summed E-state index contributed by atoms with van der Waals surface area (Å²) in [5.74, 6) is -0.113. The molecule has 0 aliphatic carbocycles. The van der Waals surface area contributed by atoms with Crippen LogP contribution in [0.1, 0.15) is 22.3 Å². The quantitative estimate of drug-likeness (QED) is 0.446. The SMILES string of the molecule is O=C(NCCCc1ccccc1)c1ccc(NC(=O)n2cc3ccccc3c2)cc1. The summed E-state index contributed by atoms with van der Waals surface area (Å²) < 4.78 is 1.53. The highest BCUT2D eigenvalue weighted by atomic mass is 16.2. The molecule has 1 aromatic heterocycles. The average Bonchev–Trinajstić information content (AvgIpc) is 3.22. The molecule has 0 aliphatic heterocycles. The van der Waals surface area contributed by atoms with E-state index in [9.17, 15) is 9.59 Å². The Balaban J connectivity index is 1.28. The molecule has 150 valence electrons. The van der Waals surface area contributed by atoms with Gasteiger partial charge in [-0.05, 0) is 53.4 Å². The molecule has 0 saturated heterocycles. The minimum atomic E-state index is -0.246. The molecule has 5 heteroatoms. The van der Waals surface area contributed by atoms with Gasteiger partial charge in [-0.1, -0.05) is 54.6 Å². The van der Waals surface area contributed by atoms with Crippen molar-refractivity contribution in [1.29, 1.82) is 0 Å². The molecule has 2 N–H and O–H groups in total. The first-order valence-electron chi connectivity index (χ1n) is 9.99. The molecule has 2 amide bonds. The number of hydrogen-bond acceptors (Lipinski definition) is 2. The fourth-order valence-corrected chi connectivity index (χ4v) is 3.33. The number of nitrogens with one attached hydrogen (secondary N) is 2. The first-order chi connectivity index (χ1) is 14.7. The predicted octanol–water partition coefficient (Wildman–Crippen LogP) is 5.08. The van der Waals surface area contributed by atoms with E-state index in [1.54, 1.807) is 36.7 Å². The van der Waals surface area contributed by atoms with E-state index in [1.807, 2.05) is 42.5 Å². The second-order valence-electron chi connectivity index (χ2n) is 7.15. The number of carbonyl (C=O) groups excluding carboxylic acids is 2. The lowest BCUT2D eigenvalue weighted by molar-refractivity contribution is 0.0953. The number of rotatable bonds is 6.